The zero-order chi connectivity index (χ0) is 23.3. The van der Waals surface area contributed by atoms with E-state index in [9.17, 15) is 9.59 Å². The van der Waals surface area contributed by atoms with Crippen LogP contribution in [-0.2, 0) is 18.8 Å². The molecule has 0 radical (unpaired) electrons. The molecule has 0 saturated carbocycles. The van der Waals surface area contributed by atoms with Gasteiger partial charge >= 0.3 is 11.7 Å². The second-order valence-corrected chi connectivity index (χ2v) is 8.03. The number of hydrogen-bond acceptors (Lipinski definition) is 5. The summed E-state index contributed by atoms with van der Waals surface area (Å²) in [6.45, 7) is 2.03. The number of fused-ring (bicyclic) bond motifs is 2. The number of rotatable bonds is 3. The molecule has 0 amide bonds. The maximum Gasteiger partial charge on any atom is 0.356 e. The summed E-state index contributed by atoms with van der Waals surface area (Å²) in [5, 5.41) is 2.11. The van der Waals surface area contributed by atoms with Crippen LogP contribution in [0.2, 0.25) is 0 Å². The average molecular weight is 438 g/mol. The van der Waals surface area contributed by atoms with Gasteiger partial charge in [-0.15, -0.1) is 0 Å². The molecule has 0 unspecified atom stereocenters. The molecule has 0 N–H and O–H groups in total. The maximum atomic E-state index is 12.3. The van der Waals surface area contributed by atoms with E-state index in [0.29, 0.717) is 0 Å². The normalized spacial score (nSPS) is 11.3. The van der Waals surface area contributed by atoms with Gasteiger partial charge in [0.05, 0.1) is 23.8 Å². The second-order valence-electron chi connectivity index (χ2n) is 8.03. The lowest BCUT2D eigenvalue weighted by molar-refractivity contribution is 0.0594. The molecule has 3 heterocycles. The summed E-state index contributed by atoms with van der Waals surface area (Å²) in [5.74, 6) is -0.470. The van der Waals surface area contributed by atoms with Gasteiger partial charge in [-0.1, -0.05) is 24.3 Å². The van der Waals surface area contributed by atoms with Crippen LogP contribution >= 0.6 is 0 Å². The number of nitrogens with zero attached hydrogens (tertiary/aromatic N) is 4. The van der Waals surface area contributed by atoms with Crippen LogP contribution in [0.5, 0.6) is 0 Å². The smallest absolute Gasteiger partial charge is 0.356 e. The van der Waals surface area contributed by atoms with Crippen molar-refractivity contribution in [3.05, 3.63) is 82.7 Å². The fourth-order valence-electron chi connectivity index (χ4n) is 4.36. The van der Waals surface area contributed by atoms with Gasteiger partial charge in [0.25, 0.3) is 0 Å². The molecule has 0 spiro atoms. The van der Waals surface area contributed by atoms with Crippen molar-refractivity contribution in [2.75, 3.05) is 7.11 Å². The number of imidazole rings is 1. The Bertz CT molecular complexity index is 1610. The zero-order valence-electron chi connectivity index (χ0n) is 18.8. The molecular formula is C26H22N4O3. The summed E-state index contributed by atoms with van der Waals surface area (Å²) in [6, 6.07) is 15.7. The molecule has 7 heteroatoms. The Morgan fingerprint density at radius 2 is 1.64 bits per heavy atom. The highest BCUT2D eigenvalue weighted by Gasteiger charge is 2.14. The summed E-state index contributed by atoms with van der Waals surface area (Å²) in [6.07, 6.45) is 3.51. The summed E-state index contributed by atoms with van der Waals surface area (Å²) in [7, 11) is 4.90. The number of ether oxygens (including phenoxy) is 1. The fourth-order valence-corrected chi connectivity index (χ4v) is 4.36. The van der Waals surface area contributed by atoms with Crippen molar-refractivity contribution < 1.29 is 9.53 Å². The Kier molecular flexibility index (Phi) is 4.82. The Balaban J connectivity index is 1.64. The largest absolute Gasteiger partial charge is 0.464 e. The maximum absolute atomic E-state index is 12.3. The molecule has 5 aromatic rings. The zero-order valence-corrected chi connectivity index (χ0v) is 18.8. The van der Waals surface area contributed by atoms with Gasteiger partial charge < -0.3 is 4.74 Å². The van der Waals surface area contributed by atoms with Gasteiger partial charge in [0.2, 0.25) is 0 Å². The van der Waals surface area contributed by atoms with Crippen molar-refractivity contribution in [3.8, 4) is 22.4 Å². The van der Waals surface area contributed by atoms with Crippen molar-refractivity contribution in [1.82, 2.24) is 19.1 Å². The Morgan fingerprint density at radius 1 is 0.879 bits per heavy atom. The predicted molar refractivity (Wildman–Crippen MR) is 128 cm³/mol. The third-order valence-electron chi connectivity index (χ3n) is 6.20. The Labute approximate surface area is 189 Å². The molecule has 0 saturated heterocycles. The molecule has 0 atom stereocenters. The van der Waals surface area contributed by atoms with Crippen LogP contribution in [0.3, 0.4) is 0 Å². The number of aromatic nitrogens is 4. The molecule has 33 heavy (non-hydrogen) atoms. The predicted octanol–water partition coefficient (Wildman–Crippen LogP) is 4.25. The first-order valence-electron chi connectivity index (χ1n) is 10.5. The van der Waals surface area contributed by atoms with E-state index in [0.717, 1.165) is 49.8 Å². The number of aryl methyl sites for hydroxylation is 3. The second kappa shape index (κ2) is 7.70. The number of methoxy groups -OCH3 is 1. The van der Waals surface area contributed by atoms with Crippen molar-refractivity contribution in [2.45, 2.75) is 6.92 Å². The van der Waals surface area contributed by atoms with E-state index in [1.807, 2.05) is 43.5 Å². The molecule has 3 aromatic heterocycles. The highest BCUT2D eigenvalue weighted by Crippen LogP contribution is 2.34. The summed E-state index contributed by atoms with van der Waals surface area (Å²) >= 11 is 0. The van der Waals surface area contributed by atoms with E-state index in [1.54, 1.807) is 35.5 Å². The minimum absolute atomic E-state index is 0.0472. The molecule has 7 nitrogen and oxygen atoms in total. The van der Waals surface area contributed by atoms with Crippen LogP contribution in [0.1, 0.15) is 16.1 Å². The van der Waals surface area contributed by atoms with Crippen LogP contribution in [-0.4, -0.2) is 32.2 Å². The number of benzene rings is 2. The Morgan fingerprint density at radius 3 is 2.36 bits per heavy atom. The number of carbonyl (C=O) groups excluding carboxylic acids is 1. The first kappa shape index (κ1) is 20.6. The van der Waals surface area contributed by atoms with Gasteiger partial charge in [-0.2, -0.15) is 0 Å². The van der Waals surface area contributed by atoms with Gasteiger partial charge in [-0.05, 0) is 53.3 Å². The molecule has 5 rings (SSSR count). The van der Waals surface area contributed by atoms with Gasteiger partial charge in [0.15, 0.2) is 0 Å². The molecule has 0 bridgehead atoms. The lowest BCUT2D eigenvalue weighted by atomic mass is 9.95. The molecular weight excluding hydrogens is 416 g/mol. The highest BCUT2D eigenvalue weighted by atomic mass is 16.5. The van der Waals surface area contributed by atoms with Crippen LogP contribution in [0.25, 0.3) is 44.2 Å². The van der Waals surface area contributed by atoms with Crippen molar-refractivity contribution in [3.63, 3.8) is 0 Å². The quantitative estimate of drug-likeness (QED) is 0.394. The number of pyridine rings is 2. The number of carbonyl (C=O) groups is 1. The summed E-state index contributed by atoms with van der Waals surface area (Å²) in [5.41, 5.74) is 6.72. The first-order chi connectivity index (χ1) is 15.9. The van der Waals surface area contributed by atoms with Crippen molar-refractivity contribution >= 4 is 27.8 Å². The monoisotopic (exact) mass is 438 g/mol. The van der Waals surface area contributed by atoms with E-state index >= 15 is 0 Å². The third kappa shape index (κ3) is 3.20. The molecule has 2 aromatic carbocycles. The summed E-state index contributed by atoms with van der Waals surface area (Å²) in [4.78, 5) is 33.0. The van der Waals surface area contributed by atoms with E-state index in [1.165, 1.54) is 7.11 Å². The van der Waals surface area contributed by atoms with Gasteiger partial charge in [-0.3, -0.25) is 14.1 Å². The molecule has 0 fully saturated rings. The minimum Gasteiger partial charge on any atom is -0.464 e. The standard InChI is InChI=1S/C26H22N4O3/c1-15-18-6-5-7-19(16-9-11-22-23(12-16)30(3)26(32)29(22)2)20(18)14-28-24(15)17-8-10-21(27-13-17)25(31)33-4/h5-14H,1-4H3. The van der Waals surface area contributed by atoms with Crippen LogP contribution in [0.15, 0.2) is 65.7 Å². The van der Waals surface area contributed by atoms with Crippen LogP contribution in [0, 0.1) is 6.92 Å². The third-order valence-corrected chi connectivity index (χ3v) is 6.20. The SMILES string of the molecule is COC(=O)c1ccc(-c2ncc3c(-c4ccc5c(c4)n(C)c(=O)n5C)cccc3c2C)cn1. The lowest BCUT2D eigenvalue weighted by Crippen LogP contribution is -2.19. The lowest BCUT2D eigenvalue weighted by Gasteiger charge is -2.12. The first-order valence-corrected chi connectivity index (χ1v) is 10.5. The average Bonchev–Trinajstić information content (AvgIpc) is 3.07. The Hall–Kier alpha value is -4.26. The van der Waals surface area contributed by atoms with Crippen molar-refractivity contribution in [2.24, 2.45) is 14.1 Å². The van der Waals surface area contributed by atoms with Gasteiger partial charge in [0, 0.05) is 37.4 Å². The topological polar surface area (TPSA) is 79.0 Å². The van der Waals surface area contributed by atoms with E-state index in [-0.39, 0.29) is 11.4 Å². The van der Waals surface area contributed by atoms with Gasteiger partial charge in [0.1, 0.15) is 5.69 Å². The molecule has 0 aliphatic heterocycles. The fraction of sp³-hybridized carbons (Fsp3) is 0.154. The van der Waals surface area contributed by atoms with Gasteiger partial charge in [-0.25, -0.2) is 14.6 Å². The van der Waals surface area contributed by atoms with E-state index in [4.69, 9.17) is 9.72 Å². The highest BCUT2D eigenvalue weighted by molar-refractivity contribution is 6.01. The van der Waals surface area contributed by atoms with E-state index < -0.39 is 5.97 Å². The number of hydrogen-bond donors (Lipinski definition) is 0. The summed E-state index contributed by atoms with van der Waals surface area (Å²) < 4.78 is 8.04. The molecule has 0 aliphatic carbocycles. The molecule has 164 valence electrons. The van der Waals surface area contributed by atoms with E-state index in [2.05, 4.69) is 17.1 Å². The van der Waals surface area contributed by atoms with Crippen molar-refractivity contribution in [1.29, 1.82) is 0 Å². The molecule has 0 aliphatic rings. The van der Waals surface area contributed by atoms with Crippen LogP contribution in [0.4, 0.5) is 0 Å². The van der Waals surface area contributed by atoms with Crippen LogP contribution < -0.4 is 5.69 Å². The minimum atomic E-state index is -0.470. The number of esters is 1.